The van der Waals surface area contributed by atoms with Gasteiger partial charge in [0.2, 0.25) is 5.91 Å². The van der Waals surface area contributed by atoms with Gasteiger partial charge in [-0.15, -0.1) is 0 Å². The second-order valence-corrected chi connectivity index (χ2v) is 5.96. The molecule has 19 heavy (non-hydrogen) atoms. The first kappa shape index (κ1) is 16.1. The van der Waals surface area contributed by atoms with E-state index in [-0.39, 0.29) is 17.6 Å². The topological polar surface area (TPSA) is 55.1 Å². The average molecular weight is 331 g/mol. The van der Waals surface area contributed by atoms with E-state index in [1.54, 1.807) is 6.07 Å². The first-order valence-electron chi connectivity index (χ1n) is 6.37. The Morgan fingerprint density at radius 2 is 2.16 bits per heavy atom. The maximum Gasteiger partial charge on any atom is 0.224 e. The van der Waals surface area contributed by atoms with Crippen LogP contribution >= 0.6 is 15.9 Å². The Hall–Kier alpha value is -0.940. The van der Waals surface area contributed by atoms with Crippen LogP contribution in [0.4, 0.5) is 10.1 Å². The lowest BCUT2D eigenvalue weighted by atomic mass is 9.94. The summed E-state index contributed by atoms with van der Waals surface area (Å²) in [4.78, 5) is 11.9. The van der Waals surface area contributed by atoms with Gasteiger partial charge in [-0.2, -0.15) is 0 Å². The fraction of sp³-hybridized carbons (Fsp3) is 0.500. The minimum absolute atomic E-state index is 0.137. The van der Waals surface area contributed by atoms with Crippen molar-refractivity contribution < 1.29 is 9.18 Å². The van der Waals surface area contributed by atoms with E-state index in [9.17, 15) is 9.18 Å². The summed E-state index contributed by atoms with van der Waals surface area (Å²) >= 11 is 3.28. The highest BCUT2D eigenvalue weighted by atomic mass is 79.9. The number of benzene rings is 1. The molecule has 1 aromatic rings. The van der Waals surface area contributed by atoms with Crippen molar-refractivity contribution in [1.82, 2.24) is 0 Å². The van der Waals surface area contributed by atoms with Crippen LogP contribution in [0, 0.1) is 17.7 Å². The highest BCUT2D eigenvalue weighted by Gasteiger charge is 2.15. The maximum atomic E-state index is 13.1. The SMILES string of the molecule is CC(C)C[C@H](CN)CC(=O)Nc1cc(F)ccc1Br. The van der Waals surface area contributed by atoms with E-state index in [1.165, 1.54) is 12.1 Å². The van der Waals surface area contributed by atoms with Crippen LogP contribution in [-0.2, 0) is 4.79 Å². The quantitative estimate of drug-likeness (QED) is 0.838. The van der Waals surface area contributed by atoms with E-state index < -0.39 is 0 Å². The highest BCUT2D eigenvalue weighted by Crippen LogP contribution is 2.24. The van der Waals surface area contributed by atoms with Gasteiger partial charge in [-0.25, -0.2) is 4.39 Å². The molecule has 0 saturated carbocycles. The monoisotopic (exact) mass is 330 g/mol. The number of nitrogens with one attached hydrogen (secondary N) is 1. The van der Waals surface area contributed by atoms with E-state index >= 15 is 0 Å². The van der Waals surface area contributed by atoms with Crippen molar-refractivity contribution >= 4 is 27.5 Å². The second-order valence-electron chi connectivity index (χ2n) is 5.11. The summed E-state index contributed by atoms with van der Waals surface area (Å²) in [5.41, 5.74) is 6.12. The van der Waals surface area contributed by atoms with Gasteiger partial charge in [0, 0.05) is 10.9 Å². The smallest absolute Gasteiger partial charge is 0.224 e. The molecule has 1 atom stereocenters. The summed E-state index contributed by atoms with van der Waals surface area (Å²) in [6, 6.07) is 4.20. The lowest BCUT2D eigenvalue weighted by Crippen LogP contribution is -2.23. The third-order valence-corrected chi connectivity index (χ3v) is 3.51. The molecule has 0 fully saturated rings. The molecule has 1 aromatic carbocycles. The zero-order valence-corrected chi connectivity index (χ0v) is 12.8. The fourth-order valence-corrected chi connectivity index (χ4v) is 2.33. The normalized spacial score (nSPS) is 12.5. The summed E-state index contributed by atoms with van der Waals surface area (Å²) in [6.45, 7) is 4.68. The Kier molecular flexibility index (Phi) is 6.45. The largest absolute Gasteiger partial charge is 0.330 e. The van der Waals surface area contributed by atoms with Crippen LogP contribution in [0.5, 0.6) is 0 Å². The van der Waals surface area contributed by atoms with Crippen LogP contribution in [0.3, 0.4) is 0 Å². The summed E-state index contributed by atoms with van der Waals surface area (Å²) < 4.78 is 13.8. The molecular weight excluding hydrogens is 311 g/mol. The summed E-state index contributed by atoms with van der Waals surface area (Å²) in [7, 11) is 0. The van der Waals surface area contributed by atoms with Crippen LogP contribution in [-0.4, -0.2) is 12.5 Å². The molecule has 0 saturated heterocycles. The van der Waals surface area contributed by atoms with Crippen molar-refractivity contribution in [2.24, 2.45) is 17.6 Å². The van der Waals surface area contributed by atoms with E-state index in [0.717, 1.165) is 6.42 Å². The number of nitrogens with two attached hydrogens (primary N) is 1. The van der Waals surface area contributed by atoms with Gasteiger partial charge in [0.25, 0.3) is 0 Å². The molecule has 0 heterocycles. The summed E-state index contributed by atoms with van der Waals surface area (Å²) in [5, 5.41) is 2.71. The number of halogens is 2. The molecule has 0 radical (unpaired) electrons. The molecule has 0 unspecified atom stereocenters. The first-order chi connectivity index (χ1) is 8.92. The van der Waals surface area contributed by atoms with Crippen molar-refractivity contribution in [3.05, 3.63) is 28.5 Å². The fourth-order valence-electron chi connectivity index (χ4n) is 1.99. The second kappa shape index (κ2) is 7.60. The van der Waals surface area contributed by atoms with Gasteiger partial charge in [0.15, 0.2) is 0 Å². The molecule has 0 spiro atoms. The van der Waals surface area contributed by atoms with Crippen molar-refractivity contribution in [2.45, 2.75) is 26.7 Å². The molecule has 0 aliphatic heterocycles. The Morgan fingerprint density at radius 3 is 2.74 bits per heavy atom. The van der Waals surface area contributed by atoms with Gasteiger partial charge in [-0.05, 0) is 58.9 Å². The number of carbonyl (C=O) groups is 1. The third kappa shape index (κ3) is 5.70. The maximum absolute atomic E-state index is 13.1. The summed E-state index contributed by atoms with van der Waals surface area (Å²) in [5.74, 6) is 0.146. The minimum Gasteiger partial charge on any atom is -0.330 e. The van der Waals surface area contributed by atoms with Gasteiger partial charge >= 0.3 is 0 Å². The zero-order chi connectivity index (χ0) is 14.4. The van der Waals surface area contributed by atoms with E-state index in [2.05, 4.69) is 35.1 Å². The molecule has 1 rings (SSSR count). The number of anilines is 1. The van der Waals surface area contributed by atoms with Gasteiger partial charge < -0.3 is 11.1 Å². The third-order valence-electron chi connectivity index (χ3n) is 2.81. The Morgan fingerprint density at radius 1 is 1.47 bits per heavy atom. The van der Waals surface area contributed by atoms with Crippen LogP contribution in [0.1, 0.15) is 26.7 Å². The average Bonchev–Trinajstić information content (AvgIpc) is 2.32. The number of hydrogen-bond donors (Lipinski definition) is 2. The van der Waals surface area contributed by atoms with E-state index in [0.29, 0.717) is 29.0 Å². The lowest BCUT2D eigenvalue weighted by molar-refractivity contribution is -0.117. The van der Waals surface area contributed by atoms with E-state index in [1.807, 2.05) is 0 Å². The number of carbonyl (C=O) groups excluding carboxylic acids is 1. The van der Waals surface area contributed by atoms with Crippen LogP contribution in [0.25, 0.3) is 0 Å². The van der Waals surface area contributed by atoms with Crippen LogP contribution in [0.2, 0.25) is 0 Å². The lowest BCUT2D eigenvalue weighted by Gasteiger charge is -2.17. The number of hydrogen-bond acceptors (Lipinski definition) is 2. The Balaban J connectivity index is 2.61. The number of rotatable bonds is 6. The zero-order valence-electron chi connectivity index (χ0n) is 11.2. The molecule has 3 nitrogen and oxygen atoms in total. The minimum atomic E-state index is -0.379. The van der Waals surface area contributed by atoms with Gasteiger partial charge in [-0.3, -0.25) is 4.79 Å². The molecule has 1 amide bonds. The first-order valence-corrected chi connectivity index (χ1v) is 7.16. The van der Waals surface area contributed by atoms with E-state index in [4.69, 9.17) is 5.73 Å². The predicted molar refractivity (Wildman–Crippen MR) is 79.3 cm³/mol. The molecule has 0 aliphatic carbocycles. The molecule has 3 N–H and O–H groups in total. The van der Waals surface area contributed by atoms with Crippen LogP contribution < -0.4 is 11.1 Å². The molecule has 0 aliphatic rings. The highest BCUT2D eigenvalue weighted by molar-refractivity contribution is 9.10. The molecular formula is C14H20BrFN2O. The predicted octanol–water partition coefficient (Wildman–Crippen LogP) is 3.54. The van der Waals surface area contributed by atoms with Crippen molar-refractivity contribution in [3.8, 4) is 0 Å². The van der Waals surface area contributed by atoms with Crippen molar-refractivity contribution in [3.63, 3.8) is 0 Å². The van der Waals surface area contributed by atoms with Gasteiger partial charge in [0.1, 0.15) is 5.82 Å². The molecule has 106 valence electrons. The number of amides is 1. The molecule has 0 aromatic heterocycles. The summed E-state index contributed by atoms with van der Waals surface area (Å²) in [6.07, 6.45) is 1.27. The van der Waals surface area contributed by atoms with Crippen molar-refractivity contribution in [2.75, 3.05) is 11.9 Å². The molecule has 5 heteroatoms. The Labute approximate surface area is 121 Å². The Bertz CT molecular complexity index is 437. The van der Waals surface area contributed by atoms with Gasteiger partial charge in [-0.1, -0.05) is 13.8 Å². The standard InChI is InChI=1S/C14H20BrFN2O/c1-9(2)5-10(8-17)6-14(19)18-13-7-11(16)3-4-12(13)15/h3-4,7,9-10H,5-6,8,17H2,1-2H3,(H,18,19)/t10-/m0/s1. The van der Waals surface area contributed by atoms with Crippen LogP contribution in [0.15, 0.2) is 22.7 Å². The van der Waals surface area contributed by atoms with Crippen molar-refractivity contribution in [1.29, 1.82) is 0 Å². The molecule has 0 bridgehead atoms. The van der Waals surface area contributed by atoms with Gasteiger partial charge in [0.05, 0.1) is 5.69 Å².